The van der Waals surface area contributed by atoms with Crippen molar-refractivity contribution in [3.8, 4) is 5.75 Å². The van der Waals surface area contributed by atoms with Gasteiger partial charge in [-0.3, -0.25) is 4.79 Å². The lowest BCUT2D eigenvalue weighted by Gasteiger charge is -2.23. The van der Waals surface area contributed by atoms with Crippen molar-refractivity contribution in [3.05, 3.63) is 30.1 Å². The van der Waals surface area contributed by atoms with Crippen LogP contribution < -0.4 is 10.1 Å². The van der Waals surface area contributed by atoms with Gasteiger partial charge in [-0.25, -0.2) is 4.39 Å². The molecule has 1 atom stereocenters. The first kappa shape index (κ1) is 9.96. The van der Waals surface area contributed by atoms with Crippen LogP contribution in [0.1, 0.15) is 12.8 Å². The molecular weight excluding hydrogens is 197 g/mol. The first-order chi connectivity index (χ1) is 7.24. The summed E-state index contributed by atoms with van der Waals surface area (Å²) in [7, 11) is 0. The minimum Gasteiger partial charge on any atom is -0.488 e. The Morgan fingerprint density at radius 3 is 3.00 bits per heavy atom. The van der Waals surface area contributed by atoms with Gasteiger partial charge in [-0.1, -0.05) is 6.07 Å². The van der Waals surface area contributed by atoms with Gasteiger partial charge in [0.25, 0.3) is 0 Å². The summed E-state index contributed by atoms with van der Waals surface area (Å²) in [6.07, 6.45) is 1.10. The predicted octanol–water partition coefficient (Wildman–Crippen LogP) is 1.48. The molecule has 1 fully saturated rings. The molecular formula is C11H12FNO2. The van der Waals surface area contributed by atoms with Gasteiger partial charge >= 0.3 is 0 Å². The Kier molecular flexibility index (Phi) is 2.85. The average Bonchev–Trinajstić information content (AvgIpc) is 2.22. The number of ether oxygens (including phenoxy) is 1. The molecule has 15 heavy (non-hydrogen) atoms. The van der Waals surface area contributed by atoms with Crippen molar-refractivity contribution in [1.82, 2.24) is 5.32 Å². The van der Waals surface area contributed by atoms with E-state index in [4.69, 9.17) is 4.74 Å². The maximum Gasteiger partial charge on any atom is 0.220 e. The second kappa shape index (κ2) is 4.29. The lowest BCUT2D eigenvalue weighted by atomic mass is 10.1. The van der Waals surface area contributed by atoms with Gasteiger partial charge in [-0.15, -0.1) is 0 Å². The Hall–Kier alpha value is -1.58. The fourth-order valence-corrected chi connectivity index (χ4v) is 1.54. The topological polar surface area (TPSA) is 38.3 Å². The maximum absolute atomic E-state index is 12.8. The molecule has 3 nitrogen and oxygen atoms in total. The van der Waals surface area contributed by atoms with Crippen LogP contribution in [0.4, 0.5) is 4.39 Å². The number of carbonyl (C=O) groups is 1. The van der Waals surface area contributed by atoms with Crippen LogP contribution in [0.3, 0.4) is 0 Å². The van der Waals surface area contributed by atoms with E-state index in [2.05, 4.69) is 5.32 Å². The van der Waals surface area contributed by atoms with Crippen LogP contribution >= 0.6 is 0 Å². The second-order valence-electron chi connectivity index (χ2n) is 3.54. The number of piperidine rings is 1. The minimum absolute atomic E-state index is 0.0501. The van der Waals surface area contributed by atoms with Crippen LogP contribution in [-0.4, -0.2) is 18.6 Å². The van der Waals surface area contributed by atoms with E-state index in [1.807, 2.05) is 0 Å². The summed E-state index contributed by atoms with van der Waals surface area (Å²) in [5.74, 6) is 0.248. The SMILES string of the molecule is O=C1CCC(Oc2cccc(F)c2)CN1. The highest BCUT2D eigenvalue weighted by Crippen LogP contribution is 2.16. The van der Waals surface area contributed by atoms with E-state index in [-0.39, 0.29) is 17.8 Å². The highest BCUT2D eigenvalue weighted by atomic mass is 19.1. The fraction of sp³-hybridized carbons (Fsp3) is 0.364. The van der Waals surface area contributed by atoms with Gasteiger partial charge in [-0.2, -0.15) is 0 Å². The highest BCUT2D eigenvalue weighted by molar-refractivity contribution is 5.76. The molecule has 0 radical (unpaired) electrons. The summed E-state index contributed by atoms with van der Waals surface area (Å²) in [5, 5.41) is 2.71. The van der Waals surface area contributed by atoms with Crippen LogP contribution in [0.2, 0.25) is 0 Å². The molecule has 1 aromatic rings. The Balaban J connectivity index is 1.94. The smallest absolute Gasteiger partial charge is 0.220 e. The summed E-state index contributed by atoms with van der Waals surface area (Å²) < 4.78 is 18.4. The predicted molar refractivity (Wildman–Crippen MR) is 53.1 cm³/mol. The highest BCUT2D eigenvalue weighted by Gasteiger charge is 2.19. The number of hydrogen-bond acceptors (Lipinski definition) is 2. The van der Waals surface area contributed by atoms with Gasteiger partial charge in [-0.05, 0) is 18.6 Å². The van der Waals surface area contributed by atoms with E-state index in [0.29, 0.717) is 25.1 Å². The summed E-state index contributed by atoms with van der Waals surface area (Å²) in [5.41, 5.74) is 0. The zero-order valence-electron chi connectivity index (χ0n) is 8.20. The molecule has 1 aliphatic rings. The first-order valence-corrected chi connectivity index (χ1v) is 4.93. The van der Waals surface area contributed by atoms with E-state index < -0.39 is 0 Å². The standard InChI is InChI=1S/C11H12FNO2/c12-8-2-1-3-9(6-8)15-10-4-5-11(14)13-7-10/h1-3,6,10H,4-5,7H2,(H,13,14). The summed E-state index contributed by atoms with van der Waals surface area (Å²) in [6, 6.07) is 6.03. The third kappa shape index (κ3) is 2.68. The Morgan fingerprint density at radius 2 is 2.33 bits per heavy atom. The molecule has 1 N–H and O–H groups in total. The van der Waals surface area contributed by atoms with Gasteiger partial charge in [0.2, 0.25) is 5.91 Å². The van der Waals surface area contributed by atoms with Crippen molar-refractivity contribution in [3.63, 3.8) is 0 Å². The molecule has 1 unspecified atom stereocenters. The largest absolute Gasteiger partial charge is 0.488 e. The number of nitrogens with one attached hydrogen (secondary N) is 1. The number of rotatable bonds is 2. The molecule has 80 valence electrons. The lowest BCUT2D eigenvalue weighted by molar-refractivity contribution is -0.123. The van der Waals surface area contributed by atoms with E-state index in [1.54, 1.807) is 12.1 Å². The van der Waals surface area contributed by atoms with E-state index in [1.165, 1.54) is 12.1 Å². The van der Waals surface area contributed by atoms with E-state index in [0.717, 1.165) is 0 Å². The second-order valence-corrected chi connectivity index (χ2v) is 3.54. The number of amides is 1. The van der Waals surface area contributed by atoms with Gasteiger partial charge < -0.3 is 10.1 Å². The van der Waals surface area contributed by atoms with Crippen molar-refractivity contribution >= 4 is 5.91 Å². The molecule has 0 saturated carbocycles. The van der Waals surface area contributed by atoms with E-state index in [9.17, 15) is 9.18 Å². The van der Waals surface area contributed by atoms with Gasteiger partial charge in [0.15, 0.2) is 0 Å². The number of carbonyl (C=O) groups excluding carboxylic acids is 1. The van der Waals surface area contributed by atoms with Crippen LogP contribution in [0.25, 0.3) is 0 Å². The van der Waals surface area contributed by atoms with Crippen molar-refractivity contribution in [2.24, 2.45) is 0 Å². The van der Waals surface area contributed by atoms with Gasteiger partial charge in [0.1, 0.15) is 17.7 Å². The van der Waals surface area contributed by atoms with Crippen LogP contribution in [0.15, 0.2) is 24.3 Å². The third-order valence-electron chi connectivity index (χ3n) is 2.32. The normalized spacial score (nSPS) is 20.9. The molecule has 1 saturated heterocycles. The minimum atomic E-state index is -0.313. The van der Waals surface area contributed by atoms with Gasteiger partial charge in [0.05, 0.1) is 6.54 Å². The molecule has 2 rings (SSSR count). The quantitative estimate of drug-likeness (QED) is 0.801. The molecule has 0 spiro atoms. The molecule has 1 amide bonds. The molecule has 1 aliphatic heterocycles. The zero-order chi connectivity index (χ0) is 10.7. The van der Waals surface area contributed by atoms with Crippen LogP contribution in [0.5, 0.6) is 5.75 Å². The van der Waals surface area contributed by atoms with Crippen molar-refractivity contribution in [1.29, 1.82) is 0 Å². The van der Waals surface area contributed by atoms with Crippen molar-refractivity contribution in [2.45, 2.75) is 18.9 Å². The van der Waals surface area contributed by atoms with Crippen molar-refractivity contribution in [2.75, 3.05) is 6.54 Å². The lowest BCUT2D eigenvalue weighted by Crippen LogP contribution is -2.40. The molecule has 0 aromatic heterocycles. The Morgan fingerprint density at radius 1 is 1.47 bits per heavy atom. The molecule has 4 heteroatoms. The number of benzene rings is 1. The van der Waals surface area contributed by atoms with Crippen LogP contribution in [0, 0.1) is 5.82 Å². The van der Waals surface area contributed by atoms with Crippen molar-refractivity contribution < 1.29 is 13.9 Å². The average molecular weight is 209 g/mol. The molecule has 1 aromatic carbocycles. The molecule has 1 heterocycles. The van der Waals surface area contributed by atoms with Crippen LogP contribution in [-0.2, 0) is 4.79 Å². The van der Waals surface area contributed by atoms with E-state index >= 15 is 0 Å². The summed E-state index contributed by atoms with van der Waals surface area (Å²) in [6.45, 7) is 0.495. The zero-order valence-corrected chi connectivity index (χ0v) is 8.20. The fourth-order valence-electron chi connectivity index (χ4n) is 1.54. The summed E-state index contributed by atoms with van der Waals surface area (Å²) >= 11 is 0. The van der Waals surface area contributed by atoms with Gasteiger partial charge in [0, 0.05) is 12.5 Å². The molecule has 0 bridgehead atoms. The number of halogens is 1. The maximum atomic E-state index is 12.8. The number of hydrogen-bond donors (Lipinski definition) is 1. The Bertz CT molecular complexity index is 357. The molecule has 0 aliphatic carbocycles. The Labute approximate surface area is 87.2 Å². The monoisotopic (exact) mass is 209 g/mol. The first-order valence-electron chi connectivity index (χ1n) is 4.93. The third-order valence-corrected chi connectivity index (χ3v) is 2.32. The summed E-state index contributed by atoms with van der Waals surface area (Å²) in [4.78, 5) is 10.9.